The van der Waals surface area contributed by atoms with Crippen molar-refractivity contribution in [2.75, 3.05) is 19.0 Å². The monoisotopic (exact) mass is 326 g/mol. The van der Waals surface area contributed by atoms with E-state index in [0.29, 0.717) is 12.3 Å². The lowest BCUT2D eigenvalue weighted by Gasteiger charge is -2.16. The zero-order valence-electron chi connectivity index (χ0n) is 13.9. The van der Waals surface area contributed by atoms with Crippen LogP contribution in [0.4, 0.5) is 10.6 Å². The van der Waals surface area contributed by atoms with Crippen molar-refractivity contribution in [1.82, 2.24) is 15.6 Å². The van der Waals surface area contributed by atoms with Crippen LogP contribution in [-0.2, 0) is 13.0 Å². The number of nitrogens with one attached hydrogen (secondary N) is 2. The van der Waals surface area contributed by atoms with Gasteiger partial charge < -0.3 is 20.6 Å². The van der Waals surface area contributed by atoms with E-state index < -0.39 is 0 Å². The molecule has 0 saturated heterocycles. The number of anilines is 1. The van der Waals surface area contributed by atoms with E-state index in [9.17, 15) is 9.90 Å². The summed E-state index contributed by atoms with van der Waals surface area (Å²) in [6.45, 7) is 0.368. The average molecular weight is 326 g/mol. The molecular weight excluding hydrogens is 304 g/mol. The molecule has 0 bridgehead atoms. The molecule has 6 nitrogen and oxygen atoms in total. The van der Waals surface area contributed by atoms with Crippen molar-refractivity contribution >= 4 is 11.8 Å². The molecule has 3 rings (SSSR count). The fraction of sp³-hybridized carbons (Fsp3) is 0.333. The van der Waals surface area contributed by atoms with Gasteiger partial charge in [-0.15, -0.1) is 0 Å². The molecule has 6 heteroatoms. The second-order valence-electron chi connectivity index (χ2n) is 6.14. The predicted molar refractivity (Wildman–Crippen MR) is 93.1 cm³/mol. The normalized spacial score (nSPS) is 15.7. The van der Waals surface area contributed by atoms with E-state index in [-0.39, 0.29) is 12.1 Å². The molecule has 126 valence electrons. The second-order valence-corrected chi connectivity index (χ2v) is 6.14. The highest BCUT2D eigenvalue weighted by atomic mass is 16.3. The van der Waals surface area contributed by atoms with Gasteiger partial charge in [-0.05, 0) is 42.2 Å². The summed E-state index contributed by atoms with van der Waals surface area (Å²) in [5.74, 6) is 1.16. The van der Waals surface area contributed by atoms with Gasteiger partial charge in [-0.3, -0.25) is 0 Å². The molecule has 3 N–H and O–H groups in total. The maximum atomic E-state index is 12.2. The summed E-state index contributed by atoms with van der Waals surface area (Å²) in [5.41, 5.74) is 2.74. The quantitative estimate of drug-likeness (QED) is 0.806. The highest BCUT2D eigenvalue weighted by Gasteiger charge is 2.25. The fourth-order valence-electron chi connectivity index (χ4n) is 2.98. The molecule has 0 fully saturated rings. The zero-order chi connectivity index (χ0) is 17.1. The largest absolute Gasteiger partial charge is 0.508 e. The number of aromatic hydroxyl groups is 1. The Morgan fingerprint density at radius 1 is 1.29 bits per heavy atom. The number of carbonyl (C=O) groups is 1. The molecule has 0 spiro atoms. The third-order valence-corrected chi connectivity index (χ3v) is 4.23. The third kappa shape index (κ3) is 3.42. The van der Waals surface area contributed by atoms with Crippen molar-refractivity contribution in [1.29, 1.82) is 0 Å². The van der Waals surface area contributed by atoms with E-state index >= 15 is 0 Å². The first kappa shape index (κ1) is 16.1. The molecular formula is C18H22N4O2. The van der Waals surface area contributed by atoms with E-state index in [4.69, 9.17) is 0 Å². The fourth-order valence-corrected chi connectivity index (χ4v) is 2.98. The molecule has 1 aromatic heterocycles. The molecule has 0 aliphatic heterocycles. The van der Waals surface area contributed by atoms with E-state index in [1.807, 2.05) is 49.3 Å². The van der Waals surface area contributed by atoms with Crippen molar-refractivity contribution in [2.45, 2.75) is 25.4 Å². The zero-order valence-corrected chi connectivity index (χ0v) is 13.9. The maximum Gasteiger partial charge on any atom is 0.315 e. The number of hydrogen-bond acceptors (Lipinski definition) is 4. The summed E-state index contributed by atoms with van der Waals surface area (Å²) < 4.78 is 0. The number of urea groups is 1. The van der Waals surface area contributed by atoms with E-state index in [1.165, 1.54) is 0 Å². The summed E-state index contributed by atoms with van der Waals surface area (Å²) in [6.07, 6.45) is 1.58. The van der Waals surface area contributed by atoms with Crippen molar-refractivity contribution in [3.05, 3.63) is 53.2 Å². The lowest BCUT2D eigenvalue weighted by atomic mass is 10.1. The van der Waals surface area contributed by atoms with Crippen LogP contribution >= 0.6 is 0 Å². The number of carbonyl (C=O) groups excluding carboxylic acids is 1. The summed E-state index contributed by atoms with van der Waals surface area (Å²) in [5, 5.41) is 15.7. The number of rotatable bonds is 4. The Hall–Kier alpha value is -2.76. The van der Waals surface area contributed by atoms with Gasteiger partial charge in [0, 0.05) is 14.1 Å². The molecule has 1 aliphatic rings. The van der Waals surface area contributed by atoms with Gasteiger partial charge in [-0.1, -0.05) is 18.2 Å². The van der Waals surface area contributed by atoms with E-state index in [0.717, 1.165) is 35.5 Å². The lowest BCUT2D eigenvalue weighted by molar-refractivity contribution is 0.236. The highest BCUT2D eigenvalue weighted by Crippen LogP contribution is 2.36. The molecule has 0 radical (unpaired) electrons. The van der Waals surface area contributed by atoms with Crippen LogP contribution < -0.4 is 15.5 Å². The van der Waals surface area contributed by atoms with Crippen LogP contribution in [0.2, 0.25) is 0 Å². The number of pyridine rings is 1. The molecule has 1 atom stereocenters. The SMILES string of the molecule is CN(C)c1cccc(CNC(=O)NC2CCc3c(O)cccc32)n1. The van der Waals surface area contributed by atoms with Gasteiger partial charge in [-0.2, -0.15) is 0 Å². The third-order valence-electron chi connectivity index (χ3n) is 4.23. The number of aromatic nitrogens is 1. The summed E-state index contributed by atoms with van der Waals surface area (Å²) in [6, 6.07) is 10.9. The van der Waals surface area contributed by atoms with Crippen LogP contribution in [-0.4, -0.2) is 30.2 Å². The van der Waals surface area contributed by atoms with Crippen molar-refractivity contribution in [2.24, 2.45) is 0 Å². The Morgan fingerprint density at radius 2 is 2.08 bits per heavy atom. The Morgan fingerprint density at radius 3 is 2.88 bits per heavy atom. The van der Waals surface area contributed by atoms with Gasteiger partial charge in [0.05, 0.1) is 18.3 Å². The molecule has 2 aromatic rings. The van der Waals surface area contributed by atoms with Crippen LogP contribution in [0.3, 0.4) is 0 Å². The number of phenolic OH excluding ortho intramolecular Hbond substituents is 1. The van der Waals surface area contributed by atoms with Crippen LogP contribution in [0, 0.1) is 0 Å². The van der Waals surface area contributed by atoms with Crippen LogP contribution in [0.5, 0.6) is 5.75 Å². The second kappa shape index (κ2) is 6.78. The van der Waals surface area contributed by atoms with Crippen LogP contribution in [0.25, 0.3) is 0 Å². The van der Waals surface area contributed by atoms with E-state index in [2.05, 4.69) is 15.6 Å². The Bertz CT molecular complexity index is 746. The number of phenols is 1. The van der Waals surface area contributed by atoms with Gasteiger partial charge in [0.2, 0.25) is 0 Å². The molecule has 1 heterocycles. The smallest absolute Gasteiger partial charge is 0.315 e. The average Bonchev–Trinajstić information content (AvgIpc) is 2.98. The summed E-state index contributed by atoms with van der Waals surface area (Å²) in [7, 11) is 3.86. The van der Waals surface area contributed by atoms with Gasteiger partial charge in [0.15, 0.2) is 0 Å². The first-order valence-electron chi connectivity index (χ1n) is 8.03. The standard InChI is InChI=1S/C18H22N4O2/c1-22(2)17-8-3-5-12(20-17)11-19-18(24)21-15-10-9-14-13(15)6-4-7-16(14)23/h3-8,15,23H,9-11H2,1-2H3,(H2,19,21,24). The molecule has 24 heavy (non-hydrogen) atoms. The number of fused-ring (bicyclic) bond motifs is 1. The summed E-state index contributed by atoms with van der Waals surface area (Å²) >= 11 is 0. The molecule has 1 aliphatic carbocycles. The predicted octanol–water partition coefficient (Wildman–Crippen LogP) is 2.34. The number of nitrogens with zero attached hydrogens (tertiary/aromatic N) is 2. The Kier molecular flexibility index (Phi) is 4.55. The molecule has 1 aromatic carbocycles. The summed E-state index contributed by atoms with van der Waals surface area (Å²) in [4.78, 5) is 18.6. The molecule has 1 unspecified atom stereocenters. The lowest BCUT2D eigenvalue weighted by Crippen LogP contribution is -2.37. The first-order chi connectivity index (χ1) is 11.5. The number of amides is 2. The van der Waals surface area contributed by atoms with Crippen molar-refractivity contribution < 1.29 is 9.90 Å². The van der Waals surface area contributed by atoms with Crippen LogP contribution in [0.15, 0.2) is 36.4 Å². The first-order valence-corrected chi connectivity index (χ1v) is 8.03. The minimum atomic E-state index is -0.228. The van der Waals surface area contributed by atoms with Crippen molar-refractivity contribution in [3.63, 3.8) is 0 Å². The minimum absolute atomic E-state index is 0.0619. The molecule has 2 amide bonds. The van der Waals surface area contributed by atoms with Gasteiger partial charge in [0.1, 0.15) is 11.6 Å². The maximum absolute atomic E-state index is 12.2. The van der Waals surface area contributed by atoms with Crippen molar-refractivity contribution in [3.8, 4) is 5.75 Å². The van der Waals surface area contributed by atoms with Gasteiger partial charge in [-0.25, -0.2) is 9.78 Å². The highest BCUT2D eigenvalue weighted by molar-refractivity contribution is 5.74. The molecule has 0 saturated carbocycles. The minimum Gasteiger partial charge on any atom is -0.508 e. The van der Waals surface area contributed by atoms with Crippen LogP contribution in [0.1, 0.15) is 29.3 Å². The number of benzene rings is 1. The Labute approximate surface area is 141 Å². The topological polar surface area (TPSA) is 77.5 Å². The van der Waals surface area contributed by atoms with E-state index in [1.54, 1.807) is 6.07 Å². The number of hydrogen-bond donors (Lipinski definition) is 3. The Balaban J connectivity index is 1.58. The van der Waals surface area contributed by atoms with Gasteiger partial charge >= 0.3 is 6.03 Å². The van der Waals surface area contributed by atoms with Gasteiger partial charge in [0.25, 0.3) is 0 Å².